The number of fused-ring (bicyclic) bond motifs is 3. The summed E-state index contributed by atoms with van der Waals surface area (Å²) in [4.78, 5) is 33.6. The molecule has 3 rings (SSSR count). The number of carboxylic acids is 2. The van der Waals surface area contributed by atoms with Crippen LogP contribution < -0.4 is 4.74 Å². The van der Waals surface area contributed by atoms with Gasteiger partial charge in [-0.05, 0) is 30.7 Å². The van der Waals surface area contributed by atoms with E-state index in [-0.39, 0.29) is 5.78 Å². The topological polar surface area (TPSA) is 104 Å². The van der Waals surface area contributed by atoms with Gasteiger partial charge in [0.15, 0.2) is 5.78 Å². The number of carboxylic acid groups (broad SMARTS) is 2. The highest BCUT2D eigenvalue weighted by atomic mass is 16.5. The molecule has 1 aromatic carbocycles. The zero-order chi connectivity index (χ0) is 18.6. The SMILES string of the molecule is COc1ccc2c(c1)C(=O)C[C@H]1CN(C)C[C@@H]21.O=C(O)/C=C/C(=O)O. The Hall–Kier alpha value is -2.67. The van der Waals surface area contributed by atoms with E-state index in [0.717, 1.165) is 24.4 Å². The molecular weight excluding hydrogens is 326 g/mol. The van der Waals surface area contributed by atoms with Crippen LogP contribution in [0.5, 0.6) is 5.75 Å². The first-order chi connectivity index (χ1) is 11.8. The van der Waals surface area contributed by atoms with Crippen LogP contribution in [0.4, 0.5) is 0 Å². The van der Waals surface area contributed by atoms with Gasteiger partial charge in [-0.2, -0.15) is 0 Å². The summed E-state index contributed by atoms with van der Waals surface area (Å²) in [6, 6.07) is 5.93. The minimum atomic E-state index is -1.26. The van der Waals surface area contributed by atoms with Gasteiger partial charge in [0, 0.05) is 43.1 Å². The Morgan fingerprint density at radius 1 is 1.20 bits per heavy atom. The number of aliphatic carboxylic acids is 2. The average Bonchev–Trinajstić information content (AvgIpc) is 2.93. The van der Waals surface area contributed by atoms with Crippen LogP contribution in [0.25, 0.3) is 0 Å². The molecule has 7 heteroatoms. The van der Waals surface area contributed by atoms with Gasteiger partial charge in [-0.25, -0.2) is 9.59 Å². The number of ketones is 1. The van der Waals surface area contributed by atoms with Gasteiger partial charge in [0.05, 0.1) is 7.11 Å². The second kappa shape index (κ2) is 7.94. The Labute approximate surface area is 145 Å². The van der Waals surface area contributed by atoms with E-state index in [1.807, 2.05) is 12.1 Å². The lowest BCUT2D eigenvalue weighted by molar-refractivity contribution is -0.134. The van der Waals surface area contributed by atoms with E-state index in [2.05, 4.69) is 18.0 Å². The number of hydrogen-bond acceptors (Lipinski definition) is 5. The van der Waals surface area contributed by atoms with Crippen molar-refractivity contribution in [3.05, 3.63) is 41.5 Å². The fourth-order valence-corrected chi connectivity index (χ4v) is 3.36. The maximum absolute atomic E-state index is 12.1. The highest BCUT2D eigenvalue weighted by molar-refractivity contribution is 5.99. The van der Waals surface area contributed by atoms with Crippen molar-refractivity contribution in [3.8, 4) is 5.75 Å². The summed E-state index contributed by atoms with van der Waals surface area (Å²) < 4.78 is 5.20. The van der Waals surface area contributed by atoms with E-state index in [9.17, 15) is 14.4 Å². The summed E-state index contributed by atoms with van der Waals surface area (Å²) in [5.74, 6) is -0.427. The molecule has 1 aliphatic carbocycles. The van der Waals surface area contributed by atoms with Gasteiger partial charge >= 0.3 is 11.9 Å². The van der Waals surface area contributed by atoms with Crippen LogP contribution in [0.2, 0.25) is 0 Å². The molecule has 2 atom stereocenters. The molecule has 0 amide bonds. The number of hydrogen-bond donors (Lipinski definition) is 2. The zero-order valence-corrected chi connectivity index (χ0v) is 14.1. The van der Waals surface area contributed by atoms with Crippen molar-refractivity contribution >= 4 is 17.7 Å². The first kappa shape index (κ1) is 18.7. The van der Waals surface area contributed by atoms with E-state index >= 15 is 0 Å². The van der Waals surface area contributed by atoms with E-state index in [4.69, 9.17) is 14.9 Å². The van der Waals surface area contributed by atoms with Crippen LogP contribution in [0.3, 0.4) is 0 Å². The van der Waals surface area contributed by atoms with Gasteiger partial charge in [0.1, 0.15) is 5.75 Å². The maximum atomic E-state index is 12.1. The summed E-state index contributed by atoms with van der Waals surface area (Å²) >= 11 is 0. The Bertz CT molecular complexity index is 696. The molecule has 0 saturated carbocycles. The average molecular weight is 347 g/mol. The van der Waals surface area contributed by atoms with Crippen molar-refractivity contribution in [2.45, 2.75) is 12.3 Å². The minimum absolute atomic E-state index is 0.274. The third-order valence-corrected chi connectivity index (χ3v) is 4.40. The standard InChI is InChI=1S/C14H17NO2.C4H4O4/c1-15-7-9-5-14(16)12-6-10(17-2)3-4-11(12)13(9)8-15;5-3(6)1-2-4(7)8/h3-4,6,9,13H,5,7-8H2,1-2H3;1-2H,(H,5,6)(H,7,8)/b;2-1+/t9-,13+;/m0./s1. The molecule has 0 aromatic heterocycles. The van der Waals surface area contributed by atoms with Crippen molar-refractivity contribution in [2.75, 3.05) is 27.2 Å². The van der Waals surface area contributed by atoms with Crippen LogP contribution in [0, 0.1) is 5.92 Å². The molecule has 134 valence electrons. The monoisotopic (exact) mass is 347 g/mol. The predicted molar refractivity (Wildman–Crippen MR) is 90.1 cm³/mol. The third-order valence-electron chi connectivity index (χ3n) is 4.40. The molecule has 1 saturated heterocycles. The molecule has 0 spiro atoms. The number of rotatable bonds is 3. The first-order valence-corrected chi connectivity index (χ1v) is 7.85. The van der Waals surface area contributed by atoms with Gasteiger partial charge in [-0.3, -0.25) is 4.79 Å². The van der Waals surface area contributed by atoms with Crippen LogP contribution in [-0.2, 0) is 9.59 Å². The van der Waals surface area contributed by atoms with Crippen molar-refractivity contribution in [3.63, 3.8) is 0 Å². The fourth-order valence-electron chi connectivity index (χ4n) is 3.36. The normalized spacial score (nSPS) is 21.9. The molecule has 7 nitrogen and oxygen atoms in total. The summed E-state index contributed by atoms with van der Waals surface area (Å²) in [6.07, 6.45) is 1.81. The molecule has 1 aliphatic heterocycles. The number of ether oxygens (including phenoxy) is 1. The zero-order valence-electron chi connectivity index (χ0n) is 14.1. The highest BCUT2D eigenvalue weighted by Gasteiger charge is 2.39. The van der Waals surface area contributed by atoms with Crippen molar-refractivity contribution in [2.24, 2.45) is 5.92 Å². The van der Waals surface area contributed by atoms with Gasteiger partial charge < -0.3 is 19.8 Å². The Balaban J connectivity index is 0.000000242. The van der Waals surface area contributed by atoms with Crippen LogP contribution >= 0.6 is 0 Å². The quantitative estimate of drug-likeness (QED) is 0.801. The van der Waals surface area contributed by atoms with E-state index in [1.54, 1.807) is 7.11 Å². The number of Topliss-reactive ketones (excluding diaryl/α,β-unsaturated/α-hetero) is 1. The highest BCUT2D eigenvalue weighted by Crippen LogP contribution is 2.41. The molecule has 2 N–H and O–H groups in total. The van der Waals surface area contributed by atoms with Crippen LogP contribution in [-0.4, -0.2) is 60.1 Å². The van der Waals surface area contributed by atoms with Crippen molar-refractivity contribution in [1.29, 1.82) is 0 Å². The predicted octanol–water partition coefficient (Wildman–Crippen LogP) is 1.64. The van der Waals surface area contributed by atoms with E-state index in [0.29, 0.717) is 30.4 Å². The third kappa shape index (κ3) is 4.67. The van der Waals surface area contributed by atoms with Crippen LogP contribution in [0.15, 0.2) is 30.4 Å². The number of likely N-dealkylation sites (N-methyl/N-ethyl adjacent to an activating group) is 1. The number of methoxy groups -OCH3 is 1. The van der Waals surface area contributed by atoms with E-state index < -0.39 is 11.9 Å². The smallest absolute Gasteiger partial charge is 0.328 e. The number of likely N-dealkylation sites (tertiary alicyclic amines) is 1. The molecule has 1 fully saturated rings. The molecule has 0 unspecified atom stereocenters. The molecule has 2 aliphatic rings. The molecule has 1 heterocycles. The second-order valence-electron chi connectivity index (χ2n) is 6.18. The number of nitrogens with zero attached hydrogens (tertiary/aromatic N) is 1. The summed E-state index contributed by atoms with van der Waals surface area (Å²) in [7, 11) is 3.77. The van der Waals surface area contributed by atoms with Gasteiger partial charge in [0.25, 0.3) is 0 Å². The van der Waals surface area contributed by atoms with Gasteiger partial charge in [0.2, 0.25) is 0 Å². The second-order valence-corrected chi connectivity index (χ2v) is 6.18. The summed E-state index contributed by atoms with van der Waals surface area (Å²) in [6.45, 7) is 2.11. The summed E-state index contributed by atoms with van der Waals surface area (Å²) in [5, 5.41) is 15.6. The Morgan fingerprint density at radius 2 is 1.84 bits per heavy atom. The number of carbonyl (C=O) groups is 3. The number of benzene rings is 1. The lowest BCUT2D eigenvalue weighted by Crippen LogP contribution is -2.23. The molecule has 0 radical (unpaired) electrons. The Morgan fingerprint density at radius 3 is 2.40 bits per heavy atom. The fraction of sp³-hybridized carbons (Fsp3) is 0.389. The maximum Gasteiger partial charge on any atom is 0.328 e. The van der Waals surface area contributed by atoms with Crippen LogP contribution in [0.1, 0.15) is 28.3 Å². The van der Waals surface area contributed by atoms with Gasteiger partial charge in [-0.1, -0.05) is 6.07 Å². The van der Waals surface area contributed by atoms with E-state index in [1.165, 1.54) is 5.56 Å². The molecule has 1 aromatic rings. The molecule has 25 heavy (non-hydrogen) atoms. The number of carbonyl (C=O) groups excluding carboxylic acids is 1. The van der Waals surface area contributed by atoms with Crippen molar-refractivity contribution < 1.29 is 29.3 Å². The Kier molecular flexibility index (Phi) is 5.93. The molecular formula is C18H21NO6. The first-order valence-electron chi connectivity index (χ1n) is 7.85. The molecule has 0 bridgehead atoms. The summed E-state index contributed by atoms with van der Waals surface area (Å²) in [5.41, 5.74) is 2.09. The lowest BCUT2D eigenvalue weighted by Gasteiger charge is -2.26. The van der Waals surface area contributed by atoms with Crippen molar-refractivity contribution in [1.82, 2.24) is 4.90 Å². The largest absolute Gasteiger partial charge is 0.497 e. The lowest BCUT2D eigenvalue weighted by atomic mass is 9.76. The van der Waals surface area contributed by atoms with Gasteiger partial charge in [-0.15, -0.1) is 0 Å². The minimum Gasteiger partial charge on any atom is -0.497 e.